The fourth-order valence-electron chi connectivity index (χ4n) is 3.31. The third-order valence-corrected chi connectivity index (χ3v) is 9.92. The van der Waals surface area contributed by atoms with Gasteiger partial charge in [-0.25, -0.2) is 13.4 Å². The quantitative estimate of drug-likeness (QED) is 0.433. The van der Waals surface area contributed by atoms with Crippen molar-refractivity contribution in [3.05, 3.63) is 50.1 Å². The Morgan fingerprint density at radius 1 is 1.13 bits per heavy atom. The largest absolute Gasteiger partial charge is 0.301 e. The second-order valence-corrected chi connectivity index (χ2v) is 12.3. The Kier molecular flexibility index (Phi) is 6.93. The molecule has 0 radical (unpaired) electrons. The van der Waals surface area contributed by atoms with Crippen LogP contribution in [0.4, 0.5) is 5.13 Å². The van der Waals surface area contributed by atoms with E-state index in [4.69, 9.17) is 34.8 Å². The molecular formula is C19H16Cl3N3O3S3. The Morgan fingerprint density at radius 2 is 1.94 bits per heavy atom. The van der Waals surface area contributed by atoms with Gasteiger partial charge >= 0.3 is 0 Å². The molecule has 1 aliphatic heterocycles. The van der Waals surface area contributed by atoms with E-state index in [0.29, 0.717) is 38.0 Å². The van der Waals surface area contributed by atoms with Crippen LogP contribution in [0.25, 0.3) is 11.3 Å². The van der Waals surface area contributed by atoms with Gasteiger partial charge in [-0.3, -0.25) is 4.79 Å². The number of rotatable bonds is 5. The lowest BCUT2D eigenvalue weighted by molar-refractivity contribution is -0.120. The highest BCUT2D eigenvalue weighted by Gasteiger charge is 2.38. The topological polar surface area (TPSA) is 79.4 Å². The third kappa shape index (κ3) is 4.93. The summed E-state index contributed by atoms with van der Waals surface area (Å²) >= 11 is 20.2. The van der Waals surface area contributed by atoms with Crippen LogP contribution in [0, 0.1) is 0 Å². The highest BCUT2D eigenvalue weighted by molar-refractivity contribution is 7.91. The lowest BCUT2D eigenvalue weighted by Crippen LogP contribution is -2.49. The van der Waals surface area contributed by atoms with Crippen molar-refractivity contribution in [3.8, 4) is 11.3 Å². The van der Waals surface area contributed by atoms with E-state index in [9.17, 15) is 13.2 Å². The minimum Gasteiger partial charge on any atom is -0.301 e. The van der Waals surface area contributed by atoms with Gasteiger partial charge in [0.2, 0.25) is 5.91 Å². The summed E-state index contributed by atoms with van der Waals surface area (Å²) in [6, 6.07) is 7.37. The molecule has 1 fully saturated rings. The van der Waals surface area contributed by atoms with Gasteiger partial charge in [-0.1, -0.05) is 47.3 Å². The van der Waals surface area contributed by atoms with Crippen LogP contribution in [0.2, 0.25) is 14.4 Å². The monoisotopic (exact) mass is 535 g/mol. The van der Waals surface area contributed by atoms with Gasteiger partial charge in [-0.05, 0) is 37.1 Å². The molecule has 1 amide bonds. The Hall–Kier alpha value is -1.20. The zero-order valence-corrected chi connectivity index (χ0v) is 20.6. The number of nitrogens with one attached hydrogen (secondary N) is 1. The summed E-state index contributed by atoms with van der Waals surface area (Å²) in [5, 5.41) is 5.80. The number of hydrogen-bond acceptors (Lipinski definition) is 6. The second kappa shape index (κ2) is 9.35. The van der Waals surface area contributed by atoms with Gasteiger partial charge in [-0.2, -0.15) is 4.31 Å². The summed E-state index contributed by atoms with van der Waals surface area (Å²) in [6.45, 7) is 0.280. The van der Waals surface area contributed by atoms with E-state index in [0.717, 1.165) is 23.3 Å². The predicted octanol–water partition coefficient (Wildman–Crippen LogP) is 6.01. The van der Waals surface area contributed by atoms with Crippen molar-refractivity contribution >= 4 is 78.5 Å². The maximum Gasteiger partial charge on any atom is 0.253 e. The van der Waals surface area contributed by atoms with Crippen LogP contribution in [-0.2, 0) is 14.8 Å². The zero-order chi connectivity index (χ0) is 22.2. The van der Waals surface area contributed by atoms with Crippen LogP contribution >= 0.6 is 57.5 Å². The summed E-state index contributed by atoms with van der Waals surface area (Å²) in [5.74, 6) is -0.402. The molecule has 1 unspecified atom stereocenters. The number of piperidine rings is 1. The van der Waals surface area contributed by atoms with E-state index in [1.165, 1.54) is 27.8 Å². The van der Waals surface area contributed by atoms with Gasteiger partial charge in [0.15, 0.2) is 5.13 Å². The molecule has 0 saturated carbocycles. The first-order chi connectivity index (χ1) is 14.8. The lowest BCUT2D eigenvalue weighted by Gasteiger charge is -2.32. The number of hydrogen-bond donors (Lipinski definition) is 1. The molecule has 164 valence electrons. The zero-order valence-electron chi connectivity index (χ0n) is 15.8. The van der Waals surface area contributed by atoms with Crippen molar-refractivity contribution in [1.82, 2.24) is 9.29 Å². The fraction of sp³-hybridized carbons (Fsp3) is 0.263. The van der Waals surface area contributed by atoms with E-state index in [1.54, 1.807) is 23.6 Å². The average molecular weight is 537 g/mol. The molecule has 1 aliphatic rings. The number of anilines is 1. The Bertz CT molecular complexity index is 1230. The molecule has 0 bridgehead atoms. The number of carbonyl (C=O) groups excluding carboxylic acids is 1. The predicted molar refractivity (Wildman–Crippen MR) is 127 cm³/mol. The molecule has 12 heteroatoms. The number of thiophene rings is 1. The number of nitrogens with zero attached hydrogens (tertiary/aromatic N) is 2. The lowest BCUT2D eigenvalue weighted by atomic mass is 10.0. The first-order valence-corrected chi connectivity index (χ1v) is 13.5. The number of thiazole rings is 1. The number of carbonyl (C=O) groups is 1. The first kappa shape index (κ1) is 23.0. The minimum atomic E-state index is -3.81. The maximum absolute atomic E-state index is 13.1. The number of sulfonamides is 1. The molecule has 1 aromatic carbocycles. The third-order valence-electron chi connectivity index (χ3n) is 4.82. The molecule has 31 heavy (non-hydrogen) atoms. The second-order valence-electron chi connectivity index (χ2n) is 6.84. The SMILES string of the molecule is O=C(Nc1nc(-c2ccc(Cl)c(Cl)c2)cs1)C1CCCCN1S(=O)(=O)c1ccc(Cl)s1. The molecule has 0 aliphatic carbocycles. The van der Waals surface area contributed by atoms with Crippen molar-refractivity contribution in [2.75, 3.05) is 11.9 Å². The van der Waals surface area contributed by atoms with E-state index in [2.05, 4.69) is 10.3 Å². The minimum absolute atomic E-state index is 0.133. The smallest absolute Gasteiger partial charge is 0.253 e. The van der Waals surface area contributed by atoms with Crippen molar-refractivity contribution in [1.29, 1.82) is 0 Å². The molecule has 3 heterocycles. The molecule has 2 aromatic heterocycles. The Balaban J connectivity index is 1.53. The van der Waals surface area contributed by atoms with Crippen LogP contribution in [0.15, 0.2) is 39.9 Å². The summed E-state index contributed by atoms with van der Waals surface area (Å²) in [5.41, 5.74) is 1.41. The summed E-state index contributed by atoms with van der Waals surface area (Å²) in [4.78, 5) is 17.4. The van der Waals surface area contributed by atoms with Gasteiger partial charge in [0.05, 0.1) is 20.1 Å². The van der Waals surface area contributed by atoms with Crippen molar-refractivity contribution in [2.45, 2.75) is 29.5 Å². The molecule has 3 aromatic rings. The van der Waals surface area contributed by atoms with Crippen LogP contribution in [0.3, 0.4) is 0 Å². The van der Waals surface area contributed by atoms with Gasteiger partial charge in [0, 0.05) is 17.5 Å². The van der Waals surface area contributed by atoms with Gasteiger partial charge in [0.1, 0.15) is 10.3 Å². The van der Waals surface area contributed by atoms with Crippen molar-refractivity contribution in [3.63, 3.8) is 0 Å². The number of benzene rings is 1. The van der Waals surface area contributed by atoms with Gasteiger partial charge in [0.25, 0.3) is 10.0 Å². The van der Waals surface area contributed by atoms with E-state index in [1.807, 2.05) is 0 Å². The molecular weight excluding hydrogens is 521 g/mol. The van der Waals surface area contributed by atoms with Crippen molar-refractivity contribution < 1.29 is 13.2 Å². The Labute approximate surface area is 202 Å². The van der Waals surface area contributed by atoms with E-state index < -0.39 is 22.0 Å². The van der Waals surface area contributed by atoms with Gasteiger partial charge < -0.3 is 5.32 Å². The first-order valence-electron chi connectivity index (χ1n) is 9.25. The highest BCUT2D eigenvalue weighted by atomic mass is 35.5. The normalized spacial score (nSPS) is 17.6. The van der Waals surface area contributed by atoms with Crippen molar-refractivity contribution in [2.24, 2.45) is 0 Å². The standard InChI is InChI=1S/C19H16Cl3N3O3S3/c20-12-5-4-11(9-13(12)21)14-10-29-19(23-14)24-18(26)15-3-1-2-8-25(15)31(27,28)17-7-6-16(22)30-17/h4-7,9-10,15H,1-3,8H2,(H,23,24,26). The summed E-state index contributed by atoms with van der Waals surface area (Å²) in [6.07, 6.45) is 1.90. The summed E-state index contributed by atoms with van der Waals surface area (Å²) < 4.78 is 27.9. The molecule has 1 N–H and O–H groups in total. The fourth-order valence-corrected chi connectivity index (χ4v) is 7.60. The van der Waals surface area contributed by atoms with Gasteiger partial charge in [-0.15, -0.1) is 22.7 Å². The number of aromatic nitrogens is 1. The van der Waals surface area contributed by atoms with Crippen LogP contribution in [-0.4, -0.2) is 36.2 Å². The molecule has 1 atom stereocenters. The highest BCUT2D eigenvalue weighted by Crippen LogP contribution is 2.33. The summed E-state index contributed by atoms with van der Waals surface area (Å²) in [7, 11) is -3.81. The van der Waals surface area contributed by atoms with E-state index >= 15 is 0 Å². The number of halogens is 3. The molecule has 0 spiro atoms. The average Bonchev–Trinajstić information content (AvgIpc) is 3.39. The molecule has 1 saturated heterocycles. The molecule has 4 rings (SSSR count). The van der Waals surface area contributed by atoms with E-state index in [-0.39, 0.29) is 10.8 Å². The number of amides is 1. The Morgan fingerprint density at radius 3 is 2.65 bits per heavy atom. The van der Waals surface area contributed by atoms with Crippen LogP contribution in [0.5, 0.6) is 0 Å². The van der Waals surface area contributed by atoms with Crippen LogP contribution < -0.4 is 5.32 Å². The molecule has 6 nitrogen and oxygen atoms in total. The maximum atomic E-state index is 13.1. The van der Waals surface area contributed by atoms with Crippen LogP contribution in [0.1, 0.15) is 19.3 Å².